The van der Waals surface area contributed by atoms with Gasteiger partial charge in [-0.3, -0.25) is 9.59 Å². The van der Waals surface area contributed by atoms with E-state index in [0.29, 0.717) is 4.88 Å². The number of amides is 2. The largest absolute Gasteiger partial charge is 0.480 e. The van der Waals surface area contributed by atoms with Crippen LogP contribution in [0.1, 0.15) is 21.8 Å². The third-order valence-corrected chi connectivity index (χ3v) is 2.73. The second-order valence-electron chi connectivity index (χ2n) is 3.29. The number of primary amides is 1. The van der Waals surface area contributed by atoms with E-state index in [9.17, 15) is 14.4 Å². The lowest BCUT2D eigenvalue weighted by Gasteiger charge is -2.11. The first-order chi connectivity index (χ1) is 7.91. The van der Waals surface area contributed by atoms with Gasteiger partial charge >= 0.3 is 5.97 Å². The molecule has 1 rings (SSSR count). The molecule has 0 radical (unpaired) electrons. The van der Waals surface area contributed by atoms with Gasteiger partial charge in [0, 0.05) is 4.88 Å². The van der Waals surface area contributed by atoms with Crippen LogP contribution in [0.2, 0.25) is 0 Å². The highest BCUT2D eigenvalue weighted by Gasteiger charge is 2.24. The summed E-state index contributed by atoms with van der Waals surface area (Å²) < 4.78 is 0. The van der Waals surface area contributed by atoms with E-state index in [1.165, 1.54) is 16.8 Å². The van der Waals surface area contributed by atoms with E-state index >= 15 is 0 Å². The zero-order chi connectivity index (χ0) is 13.0. The molecule has 8 heteroatoms. The molecule has 0 aliphatic heterocycles. The number of rotatable bonds is 5. The predicted octanol–water partition coefficient (Wildman–Crippen LogP) is -0.490. The molecule has 0 fully saturated rings. The maximum absolute atomic E-state index is 11.6. The molecule has 0 bridgehead atoms. The lowest BCUT2D eigenvalue weighted by Crippen LogP contribution is -2.43. The Bertz CT molecular complexity index is 457. The molecular weight excluding hydrogens is 246 g/mol. The van der Waals surface area contributed by atoms with Crippen molar-refractivity contribution in [2.24, 2.45) is 5.73 Å². The van der Waals surface area contributed by atoms with Crippen molar-refractivity contribution in [2.75, 3.05) is 0 Å². The van der Waals surface area contributed by atoms with Crippen molar-refractivity contribution in [3.8, 4) is 0 Å². The van der Waals surface area contributed by atoms with Crippen molar-refractivity contribution in [1.29, 1.82) is 0 Å². The molecule has 7 nitrogen and oxygen atoms in total. The maximum Gasteiger partial charge on any atom is 0.326 e. The van der Waals surface area contributed by atoms with Gasteiger partial charge in [-0.2, -0.15) is 0 Å². The van der Waals surface area contributed by atoms with Gasteiger partial charge in [0.25, 0.3) is 5.91 Å². The molecule has 0 saturated carbocycles. The number of nitrogens with zero attached hydrogens (tertiary/aromatic N) is 1. The smallest absolute Gasteiger partial charge is 0.326 e. The standard InChI is InChI=1S/C9H11N3O4S/c1-4-7(11-3-17-4)8(14)12-5(9(15)16)2-6(10)13/h3,5H,2H2,1H3,(H2,10,13)(H,12,14)(H,15,16)/t5-/m0/s1. The molecule has 92 valence electrons. The van der Waals surface area contributed by atoms with E-state index in [2.05, 4.69) is 10.3 Å². The summed E-state index contributed by atoms with van der Waals surface area (Å²) in [5.74, 6) is -2.74. The van der Waals surface area contributed by atoms with Crippen LogP contribution >= 0.6 is 11.3 Å². The van der Waals surface area contributed by atoms with Crippen LogP contribution in [-0.2, 0) is 9.59 Å². The van der Waals surface area contributed by atoms with Crippen molar-refractivity contribution in [1.82, 2.24) is 10.3 Å². The monoisotopic (exact) mass is 257 g/mol. The molecule has 2 amide bonds. The number of carbonyl (C=O) groups is 3. The van der Waals surface area contributed by atoms with E-state index in [1.807, 2.05) is 0 Å². The van der Waals surface area contributed by atoms with Gasteiger partial charge in [-0.25, -0.2) is 9.78 Å². The summed E-state index contributed by atoms with van der Waals surface area (Å²) in [7, 11) is 0. The number of nitrogens with one attached hydrogen (secondary N) is 1. The Labute approximate surface area is 101 Å². The number of thiazole rings is 1. The third kappa shape index (κ3) is 3.52. The first-order valence-electron chi connectivity index (χ1n) is 4.64. The minimum Gasteiger partial charge on any atom is -0.480 e. The van der Waals surface area contributed by atoms with Crippen LogP contribution in [0.25, 0.3) is 0 Å². The lowest BCUT2D eigenvalue weighted by molar-refractivity contribution is -0.140. The Kier molecular flexibility index (Phi) is 4.16. The SMILES string of the molecule is Cc1scnc1C(=O)N[C@@H](CC(N)=O)C(=O)O. The van der Waals surface area contributed by atoms with Gasteiger partial charge in [0.05, 0.1) is 11.9 Å². The summed E-state index contributed by atoms with van der Waals surface area (Å²) in [5.41, 5.74) is 6.53. The van der Waals surface area contributed by atoms with Crippen LogP contribution in [0.4, 0.5) is 0 Å². The number of carboxylic acid groups (broad SMARTS) is 1. The van der Waals surface area contributed by atoms with Gasteiger partial charge < -0.3 is 16.2 Å². The lowest BCUT2D eigenvalue weighted by atomic mass is 10.2. The number of aromatic nitrogens is 1. The highest BCUT2D eigenvalue weighted by molar-refractivity contribution is 7.09. The van der Waals surface area contributed by atoms with E-state index in [0.717, 1.165) is 0 Å². The highest BCUT2D eigenvalue weighted by Crippen LogP contribution is 2.11. The van der Waals surface area contributed by atoms with Gasteiger partial charge in [-0.05, 0) is 6.92 Å². The molecular formula is C9H11N3O4S. The molecule has 0 unspecified atom stereocenters. The number of nitrogens with two attached hydrogens (primary N) is 1. The number of aryl methyl sites for hydroxylation is 1. The molecule has 1 heterocycles. The van der Waals surface area contributed by atoms with E-state index in [1.54, 1.807) is 6.92 Å². The summed E-state index contributed by atoms with van der Waals surface area (Å²) >= 11 is 1.27. The van der Waals surface area contributed by atoms with E-state index in [-0.39, 0.29) is 5.69 Å². The van der Waals surface area contributed by atoms with E-state index in [4.69, 9.17) is 10.8 Å². The first kappa shape index (κ1) is 13.1. The first-order valence-corrected chi connectivity index (χ1v) is 5.52. The molecule has 0 saturated heterocycles. The van der Waals surface area contributed by atoms with E-state index < -0.39 is 30.2 Å². The quantitative estimate of drug-likeness (QED) is 0.657. The Hall–Kier alpha value is -1.96. The molecule has 0 aliphatic carbocycles. The average Bonchev–Trinajstić information content (AvgIpc) is 2.62. The molecule has 0 aliphatic rings. The van der Waals surface area contributed by atoms with Crippen LogP contribution in [0.15, 0.2) is 5.51 Å². The maximum atomic E-state index is 11.6. The van der Waals surface area contributed by atoms with Crippen LogP contribution in [-0.4, -0.2) is 33.9 Å². The van der Waals surface area contributed by atoms with Crippen LogP contribution < -0.4 is 11.1 Å². The zero-order valence-corrected chi connectivity index (χ0v) is 9.78. The summed E-state index contributed by atoms with van der Waals surface area (Å²) in [6.07, 6.45) is -0.454. The summed E-state index contributed by atoms with van der Waals surface area (Å²) in [5, 5.41) is 11.0. The molecule has 1 aromatic heterocycles. The minimum absolute atomic E-state index is 0.158. The second kappa shape index (κ2) is 5.39. The number of hydrogen-bond acceptors (Lipinski definition) is 5. The Morgan fingerprint density at radius 1 is 1.59 bits per heavy atom. The van der Waals surface area contributed by atoms with Crippen LogP contribution in [0.5, 0.6) is 0 Å². The minimum atomic E-state index is -1.33. The molecule has 1 atom stereocenters. The van der Waals surface area contributed by atoms with Gasteiger partial charge in [-0.1, -0.05) is 0 Å². The van der Waals surface area contributed by atoms with Gasteiger partial charge in [0.15, 0.2) is 0 Å². The Balaban J connectivity index is 2.74. The van der Waals surface area contributed by atoms with Crippen LogP contribution in [0, 0.1) is 6.92 Å². The second-order valence-corrected chi connectivity index (χ2v) is 4.35. The van der Waals surface area contributed by atoms with Crippen molar-refractivity contribution in [3.63, 3.8) is 0 Å². The van der Waals surface area contributed by atoms with Crippen molar-refractivity contribution >= 4 is 29.1 Å². The zero-order valence-electron chi connectivity index (χ0n) is 8.97. The van der Waals surface area contributed by atoms with Crippen molar-refractivity contribution < 1.29 is 19.5 Å². The summed E-state index contributed by atoms with van der Waals surface area (Å²) in [6, 6.07) is -1.33. The van der Waals surface area contributed by atoms with Crippen molar-refractivity contribution in [2.45, 2.75) is 19.4 Å². The Morgan fingerprint density at radius 2 is 2.24 bits per heavy atom. The fraction of sp³-hybridized carbons (Fsp3) is 0.333. The number of carbonyl (C=O) groups excluding carboxylic acids is 2. The molecule has 0 spiro atoms. The van der Waals surface area contributed by atoms with Crippen LogP contribution in [0.3, 0.4) is 0 Å². The summed E-state index contributed by atoms with van der Waals surface area (Å²) in [6.45, 7) is 1.69. The molecule has 17 heavy (non-hydrogen) atoms. The Morgan fingerprint density at radius 3 is 2.65 bits per heavy atom. The third-order valence-electron chi connectivity index (χ3n) is 1.97. The molecule has 0 aromatic carbocycles. The average molecular weight is 257 g/mol. The van der Waals surface area contributed by atoms with Crippen molar-refractivity contribution in [3.05, 3.63) is 16.1 Å². The fourth-order valence-corrected chi connectivity index (χ4v) is 1.72. The van der Waals surface area contributed by atoms with Gasteiger partial charge in [0.1, 0.15) is 11.7 Å². The molecule has 1 aromatic rings. The number of hydrogen-bond donors (Lipinski definition) is 3. The topological polar surface area (TPSA) is 122 Å². The fourth-order valence-electron chi connectivity index (χ4n) is 1.15. The molecule has 4 N–H and O–H groups in total. The normalized spacial score (nSPS) is 11.8. The number of aliphatic carboxylic acids is 1. The summed E-state index contributed by atoms with van der Waals surface area (Å²) in [4.78, 5) is 37.5. The number of carboxylic acids is 1. The van der Waals surface area contributed by atoms with Gasteiger partial charge in [0.2, 0.25) is 5.91 Å². The predicted molar refractivity (Wildman–Crippen MR) is 59.6 cm³/mol. The van der Waals surface area contributed by atoms with Gasteiger partial charge in [-0.15, -0.1) is 11.3 Å². The highest BCUT2D eigenvalue weighted by atomic mass is 32.1.